The maximum Gasteiger partial charge on any atom is 0.278 e. The number of nitro groups is 1. The molecule has 1 fully saturated rings. The van der Waals surface area contributed by atoms with Crippen molar-refractivity contribution in [1.29, 1.82) is 0 Å². The normalized spacial score (nSPS) is 21.1. The average molecular weight is 253 g/mol. The number of hydrogen-bond acceptors (Lipinski definition) is 5. The molecule has 5 nitrogen and oxygen atoms in total. The fourth-order valence-corrected chi connectivity index (χ4v) is 2.71. The zero-order chi connectivity index (χ0) is 12.1. The first-order valence-corrected chi connectivity index (χ1v) is 6.43. The fraction of sp³-hybridized carbons (Fsp3) is 0.455. The molecule has 1 aliphatic heterocycles. The van der Waals surface area contributed by atoms with Gasteiger partial charge in [0.15, 0.2) is 0 Å². The zero-order valence-electron chi connectivity index (χ0n) is 9.41. The van der Waals surface area contributed by atoms with Gasteiger partial charge in [-0.2, -0.15) is 4.31 Å². The number of para-hydroxylation sites is 1. The van der Waals surface area contributed by atoms with Crippen LogP contribution < -0.4 is 4.72 Å². The molecule has 0 aliphatic carbocycles. The van der Waals surface area contributed by atoms with Gasteiger partial charge in [0.05, 0.1) is 0 Å². The van der Waals surface area contributed by atoms with Crippen LogP contribution in [0.25, 0.3) is 0 Å². The van der Waals surface area contributed by atoms with Crippen LogP contribution >= 0.6 is 12.1 Å². The Morgan fingerprint density at radius 1 is 1.35 bits per heavy atom. The van der Waals surface area contributed by atoms with Crippen LogP contribution in [0.2, 0.25) is 0 Å². The van der Waals surface area contributed by atoms with E-state index in [9.17, 15) is 10.1 Å². The highest BCUT2D eigenvalue weighted by atomic mass is 32.2. The van der Waals surface area contributed by atoms with E-state index in [0.29, 0.717) is 6.42 Å². The minimum atomic E-state index is -0.565. The predicted octanol–water partition coefficient (Wildman–Crippen LogP) is 2.75. The fourth-order valence-electron chi connectivity index (χ4n) is 1.82. The van der Waals surface area contributed by atoms with E-state index in [-0.39, 0.29) is 4.92 Å². The predicted molar refractivity (Wildman–Crippen MR) is 69.0 cm³/mol. The van der Waals surface area contributed by atoms with Gasteiger partial charge in [0.25, 0.3) is 6.17 Å². The summed E-state index contributed by atoms with van der Waals surface area (Å²) in [6.45, 7) is 0.760. The second kappa shape index (κ2) is 5.88. The van der Waals surface area contributed by atoms with Crippen LogP contribution in [0, 0.1) is 10.1 Å². The van der Waals surface area contributed by atoms with Gasteiger partial charge in [0.2, 0.25) is 0 Å². The Bertz CT molecular complexity index is 374. The van der Waals surface area contributed by atoms with Crippen molar-refractivity contribution in [3.63, 3.8) is 0 Å². The molecular formula is C11H15N3O2S. The second-order valence-electron chi connectivity index (χ2n) is 3.96. The monoisotopic (exact) mass is 253 g/mol. The molecule has 1 atom stereocenters. The number of piperidine rings is 1. The Hall–Kier alpha value is -1.27. The van der Waals surface area contributed by atoms with E-state index >= 15 is 0 Å². The molecule has 17 heavy (non-hydrogen) atoms. The summed E-state index contributed by atoms with van der Waals surface area (Å²) >= 11 is 1.33. The van der Waals surface area contributed by atoms with E-state index in [4.69, 9.17) is 0 Å². The highest BCUT2D eigenvalue weighted by Crippen LogP contribution is 2.25. The van der Waals surface area contributed by atoms with E-state index in [2.05, 4.69) is 4.72 Å². The van der Waals surface area contributed by atoms with Crippen LogP contribution in [0.3, 0.4) is 0 Å². The molecule has 1 heterocycles. The Kier molecular flexibility index (Phi) is 4.22. The summed E-state index contributed by atoms with van der Waals surface area (Å²) in [6, 6.07) is 9.70. The van der Waals surface area contributed by atoms with Crippen LogP contribution in [0.5, 0.6) is 0 Å². The molecule has 0 radical (unpaired) electrons. The minimum Gasteiger partial charge on any atom is -0.317 e. The molecule has 6 heteroatoms. The van der Waals surface area contributed by atoms with E-state index in [1.54, 1.807) is 0 Å². The Labute approximate surface area is 105 Å². The van der Waals surface area contributed by atoms with Gasteiger partial charge < -0.3 is 4.72 Å². The SMILES string of the molecule is O=[N+]([O-])C1CCCCN1SNc1ccccc1. The third-order valence-corrected chi connectivity index (χ3v) is 3.71. The lowest BCUT2D eigenvalue weighted by Gasteiger charge is -2.27. The number of anilines is 1. The average Bonchev–Trinajstić information content (AvgIpc) is 2.38. The molecule has 0 bridgehead atoms. The summed E-state index contributed by atoms with van der Waals surface area (Å²) in [5.41, 5.74) is 0.963. The van der Waals surface area contributed by atoms with Gasteiger partial charge in [0.1, 0.15) is 0 Å². The van der Waals surface area contributed by atoms with Crippen LogP contribution in [0.1, 0.15) is 19.3 Å². The maximum atomic E-state index is 10.9. The smallest absolute Gasteiger partial charge is 0.278 e. The maximum absolute atomic E-state index is 10.9. The number of nitrogens with zero attached hydrogens (tertiary/aromatic N) is 2. The first-order chi connectivity index (χ1) is 8.27. The van der Waals surface area contributed by atoms with Crippen molar-refractivity contribution in [3.05, 3.63) is 40.4 Å². The second-order valence-corrected chi connectivity index (χ2v) is 4.82. The Morgan fingerprint density at radius 3 is 2.82 bits per heavy atom. The molecule has 1 aromatic carbocycles. The molecule has 1 aromatic rings. The minimum absolute atomic E-state index is 0.196. The molecule has 0 aromatic heterocycles. The third kappa shape index (κ3) is 3.34. The van der Waals surface area contributed by atoms with Gasteiger partial charge in [-0.05, 0) is 25.0 Å². The van der Waals surface area contributed by atoms with E-state index in [0.717, 1.165) is 25.1 Å². The van der Waals surface area contributed by atoms with Gasteiger partial charge in [-0.3, -0.25) is 10.1 Å². The lowest BCUT2D eigenvalue weighted by molar-refractivity contribution is -0.545. The molecular weight excluding hydrogens is 238 g/mol. The highest BCUT2D eigenvalue weighted by Gasteiger charge is 2.32. The highest BCUT2D eigenvalue weighted by molar-refractivity contribution is 7.98. The summed E-state index contributed by atoms with van der Waals surface area (Å²) in [6.07, 6.45) is 2.03. The Balaban J connectivity index is 1.90. The summed E-state index contributed by atoms with van der Waals surface area (Å²) in [4.78, 5) is 10.7. The van der Waals surface area contributed by atoms with Gasteiger partial charge >= 0.3 is 0 Å². The summed E-state index contributed by atoms with van der Waals surface area (Å²) < 4.78 is 4.95. The van der Waals surface area contributed by atoms with Gasteiger partial charge in [0, 0.05) is 35.7 Å². The molecule has 1 saturated heterocycles. The lowest BCUT2D eigenvalue weighted by atomic mass is 10.1. The van der Waals surface area contributed by atoms with E-state index in [1.807, 2.05) is 34.6 Å². The molecule has 0 spiro atoms. The summed E-state index contributed by atoms with van der Waals surface area (Å²) in [5, 5.41) is 10.9. The Morgan fingerprint density at radius 2 is 2.12 bits per heavy atom. The summed E-state index contributed by atoms with van der Waals surface area (Å²) in [7, 11) is 0. The molecule has 1 aliphatic rings. The van der Waals surface area contributed by atoms with Crippen LogP contribution in [-0.4, -0.2) is 21.9 Å². The van der Waals surface area contributed by atoms with Crippen molar-refractivity contribution < 1.29 is 4.92 Å². The molecule has 0 amide bonds. The molecule has 1 unspecified atom stereocenters. The standard InChI is InChI=1S/C11H15N3O2S/c15-14(16)11-8-4-5-9-13(11)17-12-10-6-2-1-3-7-10/h1-3,6-7,11-12H,4-5,8-9H2. The summed E-state index contributed by atoms with van der Waals surface area (Å²) in [5.74, 6) is 0. The molecule has 1 N–H and O–H groups in total. The first kappa shape index (κ1) is 12.2. The van der Waals surface area contributed by atoms with Crippen LogP contribution in [0.4, 0.5) is 5.69 Å². The van der Waals surface area contributed by atoms with Crippen molar-refractivity contribution >= 4 is 17.8 Å². The number of benzene rings is 1. The van der Waals surface area contributed by atoms with Crippen molar-refractivity contribution in [2.75, 3.05) is 11.3 Å². The van der Waals surface area contributed by atoms with Crippen molar-refractivity contribution in [2.45, 2.75) is 25.4 Å². The quantitative estimate of drug-likeness (QED) is 0.508. The van der Waals surface area contributed by atoms with Crippen molar-refractivity contribution in [3.8, 4) is 0 Å². The van der Waals surface area contributed by atoms with Crippen LogP contribution in [-0.2, 0) is 0 Å². The zero-order valence-corrected chi connectivity index (χ0v) is 10.2. The number of nitrogens with one attached hydrogen (secondary N) is 1. The van der Waals surface area contributed by atoms with E-state index in [1.165, 1.54) is 12.1 Å². The van der Waals surface area contributed by atoms with Gasteiger partial charge in [-0.25, -0.2) is 0 Å². The molecule has 92 valence electrons. The third-order valence-electron chi connectivity index (χ3n) is 2.72. The number of rotatable bonds is 4. The van der Waals surface area contributed by atoms with Gasteiger partial charge in [-0.15, -0.1) is 0 Å². The topological polar surface area (TPSA) is 58.4 Å². The van der Waals surface area contributed by atoms with Gasteiger partial charge in [-0.1, -0.05) is 18.2 Å². The van der Waals surface area contributed by atoms with Crippen LogP contribution in [0.15, 0.2) is 30.3 Å². The lowest BCUT2D eigenvalue weighted by Crippen LogP contribution is -2.40. The van der Waals surface area contributed by atoms with E-state index < -0.39 is 6.17 Å². The number of hydrogen-bond donors (Lipinski definition) is 1. The van der Waals surface area contributed by atoms with Crippen molar-refractivity contribution in [1.82, 2.24) is 4.31 Å². The largest absolute Gasteiger partial charge is 0.317 e. The molecule has 2 rings (SSSR count). The van der Waals surface area contributed by atoms with Crippen molar-refractivity contribution in [2.24, 2.45) is 0 Å². The molecule has 0 saturated carbocycles. The first-order valence-electron chi connectivity index (χ1n) is 5.65.